The van der Waals surface area contributed by atoms with Crippen LogP contribution in [0.1, 0.15) is 6.92 Å². The molecule has 0 heterocycles. The number of hydrogen-bond donors (Lipinski definition) is 4. The van der Waals surface area contributed by atoms with Crippen molar-refractivity contribution in [3.05, 3.63) is 0 Å². The number of phosphoric ester groups is 1. The Morgan fingerprint density at radius 1 is 1.64 bits per heavy atom. The van der Waals surface area contributed by atoms with Crippen LogP contribution in [0.25, 0.3) is 0 Å². The van der Waals surface area contributed by atoms with E-state index in [0.29, 0.717) is 0 Å². The summed E-state index contributed by atoms with van der Waals surface area (Å²) in [6.07, 6.45) is -0.761. The molecule has 0 aromatic carbocycles. The molecule has 0 saturated carbocycles. The fourth-order valence-corrected chi connectivity index (χ4v) is 0.998. The van der Waals surface area contributed by atoms with E-state index in [2.05, 4.69) is 9.84 Å². The molecule has 11 heavy (non-hydrogen) atoms. The zero-order valence-electron chi connectivity index (χ0n) is 6.10. The Morgan fingerprint density at radius 3 is 2.55 bits per heavy atom. The molecule has 0 spiro atoms. The van der Waals surface area contributed by atoms with Gasteiger partial charge in [0.15, 0.2) is 0 Å². The van der Waals surface area contributed by atoms with Gasteiger partial charge >= 0.3 is 7.82 Å². The Morgan fingerprint density at radius 2 is 2.18 bits per heavy atom. The van der Waals surface area contributed by atoms with E-state index in [1.807, 2.05) is 0 Å². The number of aliphatic hydroxyl groups excluding tert-OH is 1. The molecule has 6 nitrogen and oxygen atoms in total. The minimum atomic E-state index is -4.41. The Bertz CT molecular complexity index is 145. The average molecular weight is 185 g/mol. The molecule has 68 valence electrons. The van der Waals surface area contributed by atoms with Crippen LogP contribution < -0.4 is 5.32 Å². The van der Waals surface area contributed by atoms with Crippen LogP contribution in [-0.2, 0) is 9.09 Å². The normalized spacial score (nSPS) is 14.9. The summed E-state index contributed by atoms with van der Waals surface area (Å²) in [5.74, 6) is 0. The molecule has 0 aliphatic rings. The maximum absolute atomic E-state index is 10.2. The van der Waals surface area contributed by atoms with Crippen molar-refractivity contribution in [2.75, 3.05) is 13.2 Å². The van der Waals surface area contributed by atoms with Gasteiger partial charge in [0.1, 0.15) is 6.23 Å². The zero-order chi connectivity index (χ0) is 8.91. The van der Waals surface area contributed by atoms with Crippen LogP contribution in [0.3, 0.4) is 0 Å². The van der Waals surface area contributed by atoms with Crippen molar-refractivity contribution < 1.29 is 24.0 Å². The predicted molar refractivity (Wildman–Crippen MR) is 37.7 cm³/mol. The van der Waals surface area contributed by atoms with Crippen LogP contribution in [-0.4, -0.2) is 34.3 Å². The predicted octanol–water partition coefficient (Wildman–Crippen LogP) is -0.976. The molecule has 0 saturated heterocycles. The molecule has 7 heteroatoms. The molecule has 0 aliphatic heterocycles. The van der Waals surface area contributed by atoms with Crippen LogP contribution in [0.2, 0.25) is 0 Å². The van der Waals surface area contributed by atoms with Crippen LogP contribution in [0.4, 0.5) is 0 Å². The summed E-state index contributed by atoms with van der Waals surface area (Å²) in [4.78, 5) is 16.5. The van der Waals surface area contributed by atoms with Crippen molar-refractivity contribution in [3.8, 4) is 0 Å². The first-order valence-electron chi connectivity index (χ1n) is 3.04. The highest BCUT2D eigenvalue weighted by atomic mass is 31.2. The molecule has 1 unspecified atom stereocenters. The van der Waals surface area contributed by atoms with Crippen LogP contribution in [0.5, 0.6) is 0 Å². The highest BCUT2D eigenvalue weighted by molar-refractivity contribution is 7.46. The summed E-state index contributed by atoms with van der Waals surface area (Å²) in [7, 11) is -4.41. The number of aliphatic hydroxyl groups is 1. The molecule has 0 fully saturated rings. The first-order valence-corrected chi connectivity index (χ1v) is 4.57. The molecule has 1 atom stereocenters. The second-order valence-corrected chi connectivity index (χ2v) is 3.11. The van der Waals surface area contributed by atoms with E-state index in [9.17, 15) is 4.57 Å². The third kappa shape index (κ3) is 7.93. The number of hydrogen-bond acceptors (Lipinski definition) is 4. The van der Waals surface area contributed by atoms with E-state index in [0.717, 1.165) is 0 Å². The smallest absolute Gasteiger partial charge is 0.395 e. The number of nitrogens with one attached hydrogen (secondary N) is 1. The lowest BCUT2D eigenvalue weighted by Crippen LogP contribution is -2.30. The van der Waals surface area contributed by atoms with Gasteiger partial charge in [0.05, 0.1) is 6.61 Å². The average Bonchev–Trinajstić information content (AvgIpc) is 1.79. The van der Waals surface area contributed by atoms with Gasteiger partial charge in [-0.15, -0.1) is 0 Å². The van der Waals surface area contributed by atoms with Crippen LogP contribution in [0.15, 0.2) is 0 Å². The lowest BCUT2D eigenvalue weighted by molar-refractivity contribution is 0.115. The minimum absolute atomic E-state index is 0.102. The second-order valence-electron chi connectivity index (χ2n) is 1.92. The Hall–Kier alpha value is 0.0300. The van der Waals surface area contributed by atoms with E-state index < -0.39 is 14.1 Å². The Balaban J connectivity index is 3.52. The third-order valence-electron chi connectivity index (χ3n) is 0.839. The lowest BCUT2D eigenvalue weighted by Gasteiger charge is -2.13. The molecule has 0 aromatic heterocycles. The van der Waals surface area contributed by atoms with Crippen molar-refractivity contribution in [1.82, 2.24) is 5.32 Å². The van der Waals surface area contributed by atoms with Gasteiger partial charge in [-0.25, -0.2) is 4.57 Å². The van der Waals surface area contributed by atoms with Gasteiger partial charge < -0.3 is 14.9 Å². The summed E-state index contributed by atoms with van der Waals surface area (Å²) < 4.78 is 14.4. The van der Waals surface area contributed by atoms with E-state index >= 15 is 0 Å². The zero-order valence-corrected chi connectivity index (χ0v) is 6.99. The largest absolute Gasteiger partial charge is 0.471 e. The molecule has 0 aliphatic carbocycles. The molecular weight excluding hydrogens is 173 g/mol. The van der Waals surface area contributed by atoms with E-state index in [1.165, 1.54) is 6.92 Å². The molecule has 0 bridgehead atoms. The van der Waals surface area contributed by atoms with Gasteiger partial charge in [0.2, 0.25) is 0 Å². The van der Waals surface area contributed by atoms with Crippen molar-refractivity contribution in [2.45, 2.75) is 13.2 Å². The quantitative estimate of drug-likeness (QED) is 0.324. The van der Waals surface area contributed by atoms with Gasteiger partial charge in [-0.3, -0.25) is 9.84 Å². The highest BCUT2D eigenvalue weighted by Gasteiger charge is 2.17. The third-order valence-corrected chi connectivity index (χ3v) is 1.43. The van der Waals surface area contributed by atoms with Gasteiger partial charge in [-0.05, 0) is 6.92 Å². The fourth-order valence-electron chi connectivity index (χ4n) is 0.511. The van der Waals surface area contributed by atoms with Gasteiger partial charge in [0, 0.05) is 6.54 Å². The highest BCUT2D eigenvalue weighted by Crippen LogP contribution is 2.36. The van der Waals surface area contributed by atoms with E-state index in [1.54, 1.807) is 0 Å². The topological polar surface area (TPSA) is 99.0 Å². The molecule has 0 rings (SSSR count). The van der Waals surface area contributed by atoms with Crippen molar-refractivity contribution >= 4 is 7.82 Å². The molecule has 0 aromatic rings. The number of rotatable bonds is 5. The maximum atomic E-state index is 10.2. The summed E-state index contributed by atoms with van der Waals surface area (Å²) >= 11 is 0. The molecule has 0 radical (unpaired) electrons. The fraction of sp³-hybridized carbons (Fsp3) is 1.00. The molecule has 0 amide bonds. The van der Waals surface area contributed by atoms with Gasteiger partial charge in [-0.2, -0.15) is 0 Å². The summed E-state index contributed by atoms with van der Waals surface area (Å²) in [6.45, 7) is 1.57. The molecular formula is C4H12NO5P. The first-order chi connectivity index (χ1) is 4.95. The van der Waals surface area contributed by atoms with Gasteiger partial charge in [0.25, 0.3) is 0 Å². The van der Waals surface area contributed by atoms with Crippen molar-refractivity contribution in [2.24, 2.45) is 0 Å². The molecule has 4 N–H and O–H groups in total. The van der Waals surface area contributed by atoms with Gasteiger partial charge in [-0.1, -0.05) is 0 Å². The maximum Gasteiger partial charge on any atom is 0.471 e. The Labute approximate surface area is 64.4 Å². The van der Waals surface area contributed by atoms with E-state index in [-0.39, 0.29) is 13.2 Å². The Kier molecular flexibility index (Phi) is 4.83. The minimum Gasteiger partial charge on any atom is -0.395 e. The lowest BCUT2D eigenvalue weighted by atomic mass is 10.6. The summed E-state index contributed by atoms with van der Waals surface area (Å²) in [5, 5.41) is 10.8. The monoisotopic (exact) mass is 185 g/mol. The number of phosphoric acid groups is 1. The summed E-state index contributed by atoms with van der Waals surface area (Å²) in [6, 6.07) is 0. The second kappa shape index (κ2) is 4.82. The SMILES string of the molecule is CC(NCCO)OP(=O)(O)O. The van der Waals surface area contributed by atoms with Crippen molar-refractivity contribution in [1.29, 1.82) is 0 Å². The van der Waals surface area contributed by atoms with Crippen molar-refractivity contribution in [3.63, 3.8) is 0 Å². The van der Waals surface area contributed by atoms with Crippen LogP contribution >= 0.6 is 7.82 Å². The first kappa shape index (κ1) is 11.0. The van der Waals surface area contributed by atoms with Crippen LogP contribution in [0, 0.1) is 0 Å². The summed E-state index contributed by atoms with van der Waals surface area (Å²) in [5.41, 5.74) is 0. The van der Waals surface area contributed by atoms with E-state index in [4.69, 9.17) is 14.9 Å². The standard InChI is InChI=1S/C4H12NO5P/c1-4(5-2-3-6)10-11(7,8)9/h4-6H,2-3H2,1H3,(H2,7,8,9).